The van der Waals surface area contributed by atoms with Gasteiger partial charge < -0.3 is 10.2 Å². The molecular weight excluding hydrogens is 278 g/mol. The number of nitro benzene ring substituents is 1. The first-order chi connectivity index (χ1) is 10.6. The fraction of sp³-hybridized carbons (Fsp3) is 0.294. The van der Waals surface area contributed by atoms with Crippen molar-refractivity contribution in [1.29, 1.82) is 0 Å². The number of hydrogen-bond acceptors (Lipinski definition) is 4. The Bertz CT molecular complexity index is 694. The van der Waals surface area contributed by atoms with Gasteiger partial charge in [0.25, 0.3) is 5.69 Å². The molecule has 0 aliphatic carbocycles. The Labute approximate surface area is 129 Å². The van der Waals surface area contributed by atoms with Crippen molar-refractivity contribution in [3.63, 3.8) is 0 Å². The van der Waals surface area contributed by atoms with Gasteiger partial charge in [0.2, 0.25) is 0 Å². The van der Waals surface area contributed by atoms with Crippen LogP contribution in [-0.2, 0) is 0 Å². The van der Waals surface area contributed by atoms with Crippen LogP contribution in [0.1, 0.15) is 18.4 Å². The second-order valence-corrected chi connectivity index (χ2v) is 5.65. The number of nitrogens with one attached hydrogen (secondary N) is 1. The second kappa shape index (κ2) is 6.05. The molecule has 0 aromatic heterocycles. The maximum Gasteiger partial charge on any atom is 0.271 e. The van der Waals surface area contributed by atoms with Gasteiger partial charge in [-0.3, -0.25) is 10.1 Å². The number of aryl methyl sites for hydroxylation is 1. The summed E-state index contributed by atoms with van der Waals surface area (Å²) < 4.78 is 0. The Kier molecular flexibility index (Phi) is 3.96. The normalized spacial score (nSPS) is 14.1. The van der Waals surface area contributed by atoms with E-state index in [1.165, 1.54) is 5.56 Å². The number of nitro groups is 1. The molecule has 0 spiro atoms. The van der Waals surface area contributed by atoms with Gasteiger partial charge in [-0.25, -0.2) is 0 Å². The van der Waals surface area contributed by atoms with Crippen LogP contribution in [0.4, 0.5) is 22.7 Å². The van der Waals surface area contributed by atoms with Gasteiger partial charge in [0.05, 0.1) is 16.3 Å². The molecule has 1 saturated heterocycles. The summed E-state index contributed by atoms with van der Waals surface area (Å²) in [6.07, 6.45) is 2.26. The van der Waals surface area contributed by atoms with Crippen molar-refractivity contribution in [2.75, 3.05) is 23.3 Å². The third kappa shape index (κ3) is 3.03. The molecule has 0 radical (unpaired) electrons. The molecule has 1 N–H and O–H groups in total. The first kappa shape index (κ1) is 14.4. The van der Waals surface area contributed by atoms with Crippen molar-refractivity contribution >= 4 is 22.7 Å². The molecule has 1 aliphatic heterocycles. The predicted octanol–water partition coefficient (Wildman–Crippen LogP) is 4.25. The zero-order valence-electron chi connectivity index (χ0n) is 12.6. The van der Waals surface area contributed by atoms with Gasteiger partial charge in [0.1, 0.15) is 0 Å². The molecule has 0 atom stereocenters. The zero-order chi connectivity index (χ0) is 15.5. The largest absolute Gasteiger partial charge is 0.370 e. The molecule has 1 fully saturated rings. The van der Waals surface area contributed by atoms with E-state index in [-0.39, 0.29) is 10.6 Å². The van der Waals surface area contributed by atoms with E-state index in [0.717, 1.165) is 43.0 Å². The third-order valence-electron chi connectivity index (χ3n) is 3.94. The molecule has 2 aromatic carbocycles. The Morgan fingerprint density at radius 2 is 1.91 bits per heavy atom. The minimum absolute atomic E-state index is 0.136. The van der Waals surface area contributed by atoms with Crippen LogP contribution in [-0.4, -0.2) is 18.0 Å². The minimum atomic E-state index is -0.337. The molecule has 0 unspecified atom stereocenters. The van der Waals surface area contributed by atoms with Crippen LogP contribution in [0.25, 0.3) is 0 Å². The number of anilines is 3. The summed E-state index contributed by atoms with van der Waals surface area (Å²) in [5.74, 6) is 0. The van der Waals surface area contributed by atoms with Crippen molar-refractivity contribution in [3.8, 4) is 0 Å². The van der Waals surface area contributed by atoms with Gasteiger partial charge in [0, 0.05) is 30.9 Å². The standard InChI is InChI=1S/C17H19N3O2/c1-13-5-4-6-14(11-13)18-16-8-7-15(20(21)22)12-17(16)19-9-2-3-10-19/h4-8,11-12,18H,2-3,9-10H2,1H3. The number of nitrogens with zero attached hydrogens (tertiary/aromatic N) is 2. The molecule has 3 rings (SSSR count). The highest BCUT2D eigenvalue weighted by Gasteiger charge is 2.19. The molecule has 114 valence electrons. The average molecular weight is 297 g/mol. The monoisotopic (exact) mass is 297 g/mol. The van der Waals surface area contributed by atoms with Crippen LogP contribution in [0, 0.1) is 17.0 Å². The van der Waals surface area contributed by atoms with E-state index < -0.39 is 0 Å². The average Bonchev–Trinajstić information content (AvgIpc) is 3.01. The molecule has 0 saturated carbocycles. The fourth-order valence-corrected chi connectivity index (χ4v) is 2.84. The highest BCUT2D eigenvalue weighted by Crippen LogP contribution is 2.34. The lowest BCUT2D eigenvalue weighted by Gasteiger charge is -2.22. The fourth-order valence-electron chi connectivity index (χ4n) is 2.84. The van der Waals surface area contributed by atoms with Crippen LogP contribution in [0.15, 0.2) is 42.5 Å². The zero-order valence-corrected chi connectivity index (χ0v) is 12.6. The molecule has 2 aromatic rings. The number of rotatable bonds is 4. The minimum Gasteiger partial charge on any atom is -0.370 e. The van der Waals surface area contributed by atoms with Crippen molar-refractivity contribution in [3.05, 3.63) is 58.1 Å². The van der Waals surface area contributed by atoms with E-state index in [4.69, 9.17) is 0 Å². The number of non-ortho nitro benzene ring substituents is 1. The molecule has 5 heteroatoms. The molecule has 0 bridgehead atoms. The first-order valence-electron chi connectivity index (χ1n) is 7.50. The van der Waals surface area contributed by atoms with Gasteiger partial charge in [-0.1, -0.05) is 12.1 Å². The Balaban J connectivity index is 1.96. The summed E-state index contributed by atoms with van der Waals surface area (Å²) >= 11 is 0. The molecule has 1 aliphatic rings. The summed E-state index contributed by atoms with van der Waals surface area (Å²) in [5, 5.41) is 14.4. The lowest BCUT2D eigenvalue weighted by atomic mass is 10.2. The maximum absolute atomic E-state index is 11.0. The van der Waals surface area contributed by atoms with E-state index >= 15 is 0 Å². The second-order valence-electron chi connectivity index (χ2n) is 5.65. The SMILES string of the molecule is Cc1cccc(Nc2ccc([N+](=O)[O-])cc2N2CCCC2)c1. The Morgan fingerprint density at radius 1 is 1.14 bits per heavy atom. The van der Waals surface area contributed by atoms with E-state index in [0.29, 0.717) is 0 Å². The summed E-state index contributed by atoms with van der Waals surface area (Å²) in [6.45, 7) is 3.94. The van der Waals surface area contributed by atoms with Crippen molar-refractivity contribution in [2.24, 2.45) is 0 Å². The van der Waals surface area contributed by atoms with E-state index in [2.05, 4.69) is 16.3 Å². The molecule has 1 heterocycles. The summed E-state index contributed by atoms with van der Waals surface area (Å²) in [5.41, 5.74) is 4.13. The quantitative estimate of drug-likeness (QED) is 0.677. The van der Waals surface area contributed by atoms with Crippen LogP contribution in [0.2, 0.25) is 0 Å². The highest BCUT2D eigenvalue weighted by molar-refractivity contribution is 5.77. The predicted molar refractivity (Wildman–Crippen MR) is 89.0 cm³/mol. The lowest BCUT2D eigenvalue weighted by molar-refractivity contribution is -0.384. The molecular formula is C17H19N3O2. The van der Waals surface area contributed by atoms with Crippen molar-refractivity contribution in [1.82, 2.24) is 0 Å². The van der Waals surface area contributed by atoms with Gasteiger partial charge in [-0.2, -0.15) is 0 Å². The Morgan fingerprint density at radius 3 is 2.59 bits per heavy atom. The van der Waals surface area contributed by atoms with Gasteiger partial charge >= 0.3 is 0 Å². The third-order valence-corrected chi connectivity index (χ3v) is 3.94. The smallest absolute Gasteiger partial charge is 0.271 e. The van der Waals surface area contributed by atoms with Crippen LogP contribution in [0.3, 0.4) is 0 Å². The molecule has 22 heavy (non-hydrogen) atoms. The summed E-state index contributed by atoms with van der Waals surface area (Å²) in [6, 6.07) is 13.1. The first-order valence-corrected chi connectivity index (χ1v) is 7.50. The topological polar surface area (TPSA) is 58.4 Å². The number of benzene rings is 2. The Hall–Kier alpha value is -2.56. The molecule has 0 amide bonds. The van der Waals surface area contributed by atoms with Crippen molar-refractivity contribution < 1.29 is 4.92 Å². The van der Waals surface area contributed by atoms with Gasteiger partial charge in [-0.15, -0.1) is 0 Å². The van der Waals surface area contributed by atoms with E-state index in [1.807, 2.05) is 25.1 Å². The lowest BCUT2D eigenvalue weighted by Crippen LogP contribution is -2.19. The molecule has 5 nitrogen and oxygen atoms in total. The van der Waals surface area contributed by atoms with E-state index in [1.54, 1.807) is 18.2 Å². The highest BCUT2D eigenvalue weighted by atomic mass is 16.6. The van der Waals surface area contributed by atoms with E-state index in [9.17, 15) is 10.1 Å². The van der Waals surface area contributed by atoms with Crippen molar-refractivity contribution in [2.45, 2.75) is 19.8 Å². The van der Waals surface area contributed by atoms with Crippen LogP contribution >= 0.6 is 0 Å². The summed E-state index contributed by atoms with van der Waals surface area (Å²) in [7, 11) is 0. The number of hydrogen-bond donors (Lipinski definition) is 1. The van der Waals surface area contributed by atoms with Gasteiger partial charge in [-0.05, 0) is 43.5 Å². The van der Waals surface area contributed by atoms with Crippen LogP contribution in [0.5, 0.6) is 0 Å². The summed E-state index contributed by atoms with van der Waals surface area (Å²) in [4.78, 5) is 12.9. The maximum atomic E-state index is 11.0. The van der Waals surface area contributed by atoms with Crippen LogP contribution < -0.4 is 10.2 Å². The van der Waals surface area contributed by atoms with Gasteiger partial charge in [0.15, 0.2) is 0 Å².